The van der Waals surface area contributed by atoms with E-state index in [1.165, 1.54) is 13.1 Å². The van der Waals surface area contributed by atoms with Crippen LogP contribution in [0.25, 0.3) is 10.2 Å². The van der Waals surface area contributed by atoms with Crippen LogP contribution in [0, 0.1) is 11.3 Å². The summed E-state index contributed by atoms with van der Waals surface area (Å²) >= 11 is 7.00. The van der Waals surface area contributed by atoms with Crippen molar-refractivity contribution in [3.05, 3.63) is 58.7 Å². The van der Waals surface area contributed by atoms with Crippen molar-refractivity contribution in [1.82, 2.24) is 14.2 Å². The molecule has 3 aromatic rings. The molecule has 2 aromatic heterocycles. The number of hydrogen-bond acceptors (Lipinski definition) is 6. The van der Waals surface area contributed by atoms with E-state index in [0.717, 1.165) is 21.2 Å². The van der Waals surface area contributed by atoms with Crippen molar-refractivity contribution in [3.8, 4) is 6.07 Å². The summed E-state index contributed by atoms with van der Waals surface area (Å²) in [5, 5.41) is 9.33. The zero-order valence-corrected chi connectivity index (χ0v) is 18.3. The zero-order chi connectivity index (χ0) is 21.5. The molecule has 1 aliphatic rings. The summed E-state index contributed by atoms with van der Waals surface area (Å²) in [6.07, 6.45) is 0.404. The molecule has 1 aliphatic heterocycles. The molecule has 4 rings (SSSR count). The zero-order valence-electron chi connectivity index (χ0n) is 15.9. The van der Waals surface area contributed by atoms with Gasteiger partial charge in [-0.1, -0.05) is 23.7 Å². The number of likely N-dealkylation sites (tertiary alicyclic amines) is 1. The molecule has 0 N–H and O–H groups in total. The van der Waals surface area contributed by atoms with E-state index >= 15 is 0 Å². The molecular weight excluding hydrogens is 444 g/mol. The second-order valence-electron chi connectivity index (χ2n) is 6.98. The molecule has 3 heterocycles. The van der Waals surface area contributed by atoms with Crippen LogP contribution >= 0.6 is 22.9 Å². The molecule has 0 saturated carbocycles. The van der Waals surface area contributed by atoms with Gasteiger partial charge in [-0.2, -0.15) is 9.57 Å². The number of carbonyl (C=O) groups is 1. The maximum atomic E-state index is 13.1. The second-order valence-corrected chi connectivity index (χ2v) is 10.7. The number of hydrogen-bond donors (Lipinski definition) is 0. The van der Waals surface area contributed by atoms with Crippen LogP contribution in [-0.2, 0) is 21.4 Å². The van der Waals surface area contributed by atoms with Gasteiger partial charge in [-0.05, 0) is 42.3 Å². The number of pyridine rings is 1. The van der Waals surface area contributed by atoms with E-state index in [0.29, 0.717) is 40.4 Å². The van der Waals surface area contributed by atoms with Crippen molar-refractivity contribution >= 4 is 49.1 Å². The number of halogens is 1. The first kappa shape index (κ1) is 20.8. The van der Waals surface area contributed by atoms with E-state index in [1.807, 2.05) is 6.07 Å². The normalized spacial score (nSPS) is 17.1. The summed E-state index contributed by atoms with van der Waals surface area (Å²) in [4.78, 5) is 18.7. The molecule has 30 heavy (non-hydrogen) atoms. The minimum atomic E-state index is -3.86. The number of sulfonamides is 1. The summed E-state index contributed by atoms with van der Waals surface area (Å²) in [7, 11) is -2.43. The lowest BCUT2D eigenvalue weighted by Gasteiger charge is -2.23. The molecular formula is C20H17ClN4O3S2. The molecule has 0 unspecified atom stereocenters. The van der Waals surface area contributed by atoms with Gasteiger partial charge in [0.25, 0.3) is 10.0 Å². The lowest BCUT2D eigenvalue weighted by atomic mass is 10.1. The topological polar surface area (TPSA) is 94.4 Å². The quantitative estimate of drug-likeness (QED) is 0.545. The molecule has 10 heteroatoms. The Morgan fingerprint density at radius 1 is 1.33 bits per heavy atom. The number of carbonyl (C=O) groups excluding carboxylic acids is 1. The molecule has 0 bridgehead atoms. The number of likely N-dealkylation sites (N-methyl/N-ethyl adjacent to an activating group) is 1. The molecule has 1 aromatic carbocycles. The van der Waals surface area contributed by atoms with Crippen molar-refractivity contribution in [2.75, 3.05) is 13.6 Å². The van der Waals surface area contributed by atoms with Crippen molar-refractivity contribution < 1.29 is 13.2 Å². The average Bonchev–Trinajstić information content (AvgIpc) is 3.31. The van der Waals surface area contributed by atoms with Crippen molar-refractivity contribution in [2.45, 2.75) is 23.2 Å². The lowest BCUT2D eigenvalue weighted by molar-refractivity contribution is -0.131. The minimum absolute atomic E-state index is 0.128. The predicted octanol–water partition coefficient (Wildman–Crippen LogP) is 3.24. The van der Waals surface area contributed by atoms with Crippen LogP contribution in [0.15, 0.2) is 46.7 Å². The Morgan fingerprint density at radius 2 is 2.13 bits per heavy atom. The fourth-order valence-electron chi connectivity index (χ4n) is 3.49. The highest BCUT2D eigenvalue weighted by atomic mass is 35.5. The number of nitrogens with zero attached hydrogens (tertiary/aromatic N) is 4. The van der Waals surface area contributed by atoms with Crippen LogP contribution in [0.1, 0.15) is 17.5 Å². The first-order valence-corrected chi connectivity index (χ1v) is 11.7. The lowest BCUT2D eigenvalue weighted by Crippen LogP contribution is -2.42. The Balaban J connectivity index is 1.54. The molecule has 0 radical (unpaired) electrons. The number of thiophene rings is 1. The molecule has 1 amide bonds. The molecule has 154 valence electrons. The SMILES string of the molecule is CN([C@H]1CCN(Cc2cccc(C#N)c2)C1=O)S(=O)(=O)c1cc2nc(Cl)ccc2s1. The summed E-state index contributed by atoms with van der Waals surface area (Å²) < 4.78 is 28.3. The number of benzene rings is 1. The van der Waals surface area contributed by atoms with Gasteiger partial charge in [0.15, 0.2) is 0 Å². The van der Waals surface area contributed by atoms with Gasteiger partial charge < -0.3 is 4.90 Å². The molecule has 1 atom stereocenters. The number of aromatic nitrogens is 1. The number of amides is 1. The van der Waals surface area contributed by atoms with Gasteiger partial charge in [-0.3, -0.25) is 4.79 Å². The smallest absolute Gasteiger partial charge is 0.253 e. The standard InChI is InChI=1S/C20H17ClN4O3S2/c1-24(30(27,28)19-10-15-17(29-19)5-6-18(21)23-15)16-7-8-25(20(16)26)12-14-4-2-3-13(9-14)11-22/h2-6,9-10,16H,7-8,12H2,1H3/t16-/m0/s1. The van der Waals surface area contributed by atoms with E-state index in [1.54, 1.807) is 35.2 Å². The minimum Gasteiger partial charge on any atom is -0.337 e. The first-order valence-electron chi connectivity index (χ1n) is 9.11. The fraction of sp³-hybridized carbons (Fsp3) is 0.250. The van der Waals surface area contributed by atoms with Gasteiger partial charge in [0.05, 0.1) is 21.8 Å². The Kier molecular flexibility index (Phi) is 5.51. The third-order valence-corrected chi connectivity index (χ3v) is 8.70. The third-order valence-electron chi connectivity index (χ3n) is 5.09. The van der Waals surface area contributed by atoms with Gasteiger partial charge in [-0.25, -0.2) is 13.4 Å². The van der Waals surface area contributed by atoms with Crippen molar-refractivity contribution in [1.29, 1.82) is 5.26 Å². The van der Waals surface area contributed by atoms with Gasteiger partial charge >= 0.3 is 0 Å². The van der Waals surface area contributed by atoms with Crippen LogP contribution in [0.3, 0.4) is 0 Å². The summed E-state index contributed by atoms with van der Waals surface area (Å²) in [6, 6.07) is 13.2. The summed E-state index contributed by atoms with van der Waals surface area (Å²) in [5.41, 5.74) is 1.87. The highest BCUT2D eigenvalue weighted by Crippen LogP contribution is 2.32. The predicted molar refractivity (Wildman–Crippen MR) is 115 cm³/mol. The highest BCUT2D eigenvalue weighted by Gasteiger charge is 2.40. The van der Waals surface area contributed by atoms with Gasteiger partial charge in [0.2, 0.25) is 5.91 Å². The Morgan fingerprint density at radius 3 is 2.90 bits per heavy atom. The third kappa shape index (κ3) is 3.79. The van der Waals surface area contributed by atoms with Gasteiger partial charge in [0.1, 0.15) is 15.4 Å². The highest BCUT2D eigenvalue weighted by molar-refractivity contribution is 7.91. The molecule has 1 saturated heterocycles. The maximum Gasteiger partial charge on any atom is 0.253 e. The summed E-state index contributed by atoms with van der Waals surface area (Å²) in [5.74, 6) is -0.245. The Labute approximate surface area is 183 Å². The monoisotopic (exact) mass is 460 g/mol. The first-order chi connectivity index (χ1) is 14.3. The maximum absolute atomic E-state index is 13.1. The molecule has 7 nitrogen and oxygen atoms in total. The van der Waals surface area contributed by atoms with Gasteiger partial charge in [-0.15, -0.1) is 11.3 Å². The fourth-order valence-corrected chi connectivity index (χ4v) is 6.49. The van der Waals surface area contributed by atoms with E-state index < -0.39 is 16.1 Å². The Hall–Kier alpha value is -2.51. The molecule has 0 aliphatic carbocycles. The van der Waals surface area contributed by atoms with Crippen LogP contribution in [-0.4, -0.2) is 48.1 Å². The van der Waals surface area contributed by atoms with E-state index in [9.17, 15) is 13.2 Å². The number of fused-ring (bicyclic) bond motifs is 1. The van der Waals surface area contributed by atoms with Gasteiger partial charge in [0, 0.05) is 20.1 Å². The van der Waals surface area contributed by atoms with Crippen molar-refractivity contribution in [2.24, 2.45) is 0 Å². The van der Waals surface area contributed by atoms with Crippen LogP contribution < -0.4 is 0 Å². The van der Waals surface area contributed by atoms with E-state index in [-0.39, 0.29) is 10.1 Å². The largest absolute Gasteiger partial charge is 0.337 e. The van der Waals surface area contributed by atoms with E-state index in [2.05, 4.69) is 11.1 Å². The van der Waals surface area contributed by atoms with E-state index in [4.69, 9.17) is 16.9 Å². The summed E-state index contributed by atoms with van der Waals surface area (Å²) in [6.45, 7) is 0.785. The molecule has 1 fully saturated rings. The number of rotatable bonds is 5. The van der Waals surface area contributed by atoms with Crippen LogP contribution in [0.2, 0.25) is 5.15 Å². The van der Waals surface area contributed by atoms with Crippen molar-refractivity contribution in [3.63, 3.8) is 0 Å². The van der Waals surface area contributed by atoms with Crippen LogP contribution in [0.5, 0.6) is 0 Å². The average molecular weight is 461 g/mol. The second kappa shape index (κ2) is 7.96. The Bertz CT molecular complexity index is 1280. The number of nitriles is 1. The van der Waals surface area contributed by atoms with Crippen LogP contribution in [0.4, 0.5) is 0 Å². The molecule has 0 spiro atoms.